The Balaban J connectivity index is 1.39. The number of hydrogen-bond acceptors (Lipinski definition) is 1. The first-order valence-electron chi connectivity index (χ1n) is 11.6. The maximum absolute atomic E-state index is 14.6. The summed E-state index contributed by atoms with van der Waals surface area (Å²) in [5, 5.41) is 0. The quantitative estimate of drug-likeness (QED) is 0.521. The van der Waals surface area contributed by atoms with E-state index in [0.717, 1.165) is 36.2 Å². The summed E-state index contributed by atoms with van der Waals surface area (Å²) in [5.74, 6) is 2.58. The first-order chi connectivity index (χ1) is 13.6. The molecular formula is C25H36F2O. The van der Waals surface area contributed by atoms with E-state index in [2.05, 4.69) is 6.92 Å². The summed E-state index contributed by atoms with van der Waals surface area (Å²) in [6, 6.07) is 1.72. The highest BCUT2D eigenvalue weighted by Gasteiger charge is 2.39. The van der Waals surface area contributed by atoms with Crippen molar-refractivity contribution in [3.05, 3.63) is 28.8 Å². The molecule has 4 rings (SSSR count). The molecule has 0 heterocycles. The largest absolute Gasteiger partial charge is 0.494 e. The molecule has 2 fully saturated rings. The van der Waals surface area contributed by atoms with Gasteiger partial charge in [-0.1, -0.05) is 32.6 Å². The molecule has 0 bridgehead atoms. The molecule has 0 radical (unpaired) electrons. The summed E-state index contributed by atoms with van der Waals surface area (Å²) in [5.41, 5.74) is 1.58. The Morgan fingerprint density at radius 1 is 0.929 bits per heavy atom. The molecule has 1 nitrogen and oxygen atoms in total. The van der Waals surface area contributed by atoms with Crippen LogP contribution in [0.2, 0.25) is 0 Å². The van der Waals surface area contributed by atoms with Gasteiger partial charge in [-0.15, -0.1) is 0 Å². The standard InChI is InChI=1S/C25H36F2O/c1-3-4-5-16-6-7-18-13-19(9-8-17(18)12-16)20-10-11-21-15-23(28-2)25(27)24(26)22(21)14-20/h15-20H,3-14H2,1-2H3. The van der Waals surface area contributed by atoms with Crippen LogP contribution >= 0.6 is 0 Å². The van der Waals surface area contributed by atoms with Gasteiger partial charge >= 0.3 is 0 Å². The van der Waals surface area contributed by atoms with Crippen molar-refractivity contribution in [2.75, 3.05) is 7.11 Å². The molecule has 3 heteroatoms. The number of fused-ring (bicyclic) bond motifs is 2. The third-order valence-corrected chi connectivity index (χ3v) is 8.23. The minimum Gasteiger partial charge on any atom is -0.494 e. The van der Waals surface area contributed by atoms with Crippen molar-refractivity contribution < 1.29 is 13.5 Å². The van der Waals surface area contributed by atoms with Crippen LogP contribution in [-0.2, 0) is 12.8 Å². The maximum atomic E-state index is 14.6. The number of hydrogen-bond donors (Lipinski definition) is 0. The normalized spacial score (nSPS) is 32.5. The smallest absolute Gasteiger partial charge is 0.200 e. The summed E-state index contributed by atoms with van der Waals surface area (Å²) in [6.45, 7) is 2.30. The minimum atomic E-state index is -0.809. The van der Waals surface area contributed by atoms with Gasteiger partial charge in [0.25, 0.3) is 0 Å². The summed E-state index contributed by atoms with van der Waals surface area (Å²) in [6.07, 6.45) is 15.1. The highest BCUT2D eigenvalue weighted by Crippen LogP contribution is 2.49. The molecular weight excluding hydrogens is 354 g/mol. The van der Waals surface area contributed by atoms with Crippen molar-refractivity contribution >= 4 is 0 Å². The molecule has 2 saturated carbocycles. The second-order valence-electron chi connectivity index (χ2n) is 9.76. The van der Waals surface area contributed by atoms with Gasteiger partial charge in [0.05, 0.1) is 7.11 Å². The second kappa shape index (κ2) is 8.71. The predicted octanol–water partition coefficient (Wildman–Crippen LogP) is 7.10. The lowest BCUT2D eigenvalue weighted by Gasteiger charge is -2.45. The molecule has 0 amide bonds. The Bertz CT molecular complexity index is 686. The Morgan fingerprint density at radius 2 is 1.64 bits per heavy atom. The van der Waals surface area contributed by atoms with E-state index < -0.39 is 11.6 Å². The van der Waals surface area contributed by atoms with Gasteiger partial charge in [-0.3, -0.25) is 0 Å². The van der Waals surface area contributed by atoms with Gasteiger partial charge in [0, 0.05) is 0 Å². The Morgan fingerprint density at radius 3 is 2.39 bits per heavy atom. The zero-order chi connectivity index (χ0) is 19.7. The lowest BCUT2D eigenvalue weighted by Crippen LogP contribution is -2.35. The minimum absolute atomic E-state index is 0.0510. The first-order valence-corrected chi connectivity index (χ1v) is 11.6. The number of aryl methyl sites for hydroxylation is 1. The van der Waals surface area contributed by atoms with Crippen molar-refractivity contribution in [2.24, 2.45) is 29.6 Å². The van der Waals surface area contributed by atoms with Gasteiger partial charge in [0.15, 0.2) is 11.6 Å². The molecule has 1 aromatic carbocycles. The van der Waals surface area contributed by atoms with Crippen molar-refractivity contribution in [3.63, 3.8) is 0 Å². The lowest BCUT2D eigenvalue weighted by molar-refractivity contribution is 0.0688. The fourth-order valence-corrected chi connectivity index (χ4v) is 6.60. The van der Waals surface area contributed by atoms with Crippen LogP contribution in [0.1, 0.15) is 82.3 Å². The van der Waals surface area contributed by atoms with Gasteiger partial charge in [0.2, 0.25) is 5.82 Å². The van der Waals surface area contributed by atoms with E-state index in [1.54, 1.807) is 6.07 Å². The van der Waals surface area contributed by atoms with Crippen LogP contribution in [0, 0.1) is 41.2 Å². The fraction of sp³-hybridized carbons (Fsp3) is 0.760. The van der Waals surface area contributed by atoms with Crippen LogP contribution in [0.5, 0.6) is 5.75 Å². The highest BCUT2D eigenvalue weighted by molar-refractivity contribution is 5.40. The maximum Gasteiger partial charge on any atom is 0.200 e. The molecule has 1 aromatic rings. The van der Waals surface area contributed by atoms with Crippen LogP contribution in [0.3, 0.4) is 0 Å². The molecule has 28 heavy (non-hydrogen) atoms. The van der Waals surface area contributed by atoms with Crippen LogP contribution in [0.4, 0.5) is 8.78 Å². The molecule has 0 aliphatic heterocycles. The summed E-state index contributed by atoms with van der Waals surface area (Å²) in [7, 11) is 1.41. The Hall–Kier alpha value is -1.12. The van der Waals surface area contributed by atoms with Gasteiger partial charge in [-0.2, -0.15) is 4.39 Å². The van der Waals surface area contributed by atoms with Crippen molar-refractivity contribution in [2.45, 2.75) is 84.0 Å². The average Bonchev–Trinajstić information content (AvgIpc) is 2.74. The first kappa shape index (κ1) is 20.2. The van der Waals surface area contributed by atoms with Gasteiger partial charge < -0.3 is 4.74 Å². The molecule has 0 saturated heterocycles. The highest BCUT2D eigenvalue weighted by atomic mass is 19.2. The van der Waals surface area contributed by atoms with E-state index in [1.807, 2.05) is 0 Å². The molecule has 0 spiro atoms. The number of ether oxygens (including phenoxy) is 1. The number of benzene rings is 1. The van der Waals surface area contributed by atoms with E-state index in [4.69, 9.17) is 4.74 Å². The van der Waals surface area contributed by atoms with Crippen molar-refractivity contribution in [3.8, 4) is 5.75 Å². The summed E-state index contributed by atoms with van der Waals surface area (Å²) >= 11 is 0. The number of unbranched alkanes of at least 4 members (excludes halogenated alkanes) is 1. The van der Waals surface area contributed by atoms with E-state index in [0.29, 0.717) is 23.8 Å². The lowest BCUT2D eigenvalue weighted by atomic mass is 9.61. The summed E-state index contributed by atoms with van der Waals surface area (Å²) in [4.78, 5) is 0. The summed E-state index contributed by atoms with van der Waals surface area (Å²) < 4.78 is 33.8. The fourth-order valence-electron chi connectivity index (χ4n) is 6.60. The van der Waals surface area contributed by atoms with E-state index in [9.17, 15) is 8.78 Å². The van der Waals surface area contributed by atoms with Gasteiger partial charge in [0.1, 0.15) is 0 Å². The van der Waals surface area contributed by atoms with Gasteiger partial charge in [-0.05, 0) is 98.1 Å². The molecule has 0 aromatic heterocycles. The van der Waals surface area contributed by atoms with E-state index in [1.165, 1.54) is 64.9 Å². The zero-order valence-corrected chi connectivity index (χ0v) is 17.6. The van der Waals surface area contributed by atoms with E-state index >= 15 is 0 Å². The van der Waals surface area contributed by atoms with Crippen molar-refractivity contribution in [1.29, 1.82) is 0 Å². The molecule has 5 atom stereocenters. The molecule has 5 unspecified atom stereocenters. The Labute approximate surface area is 169 Å². The molecule has 3 aliphatic carbocycles. The van der Waals surface area contributed by atoms with Crippen LogP contribution in [0.15, 0.2) is 6.07 Å². The second-order valence-corrected chi connectivity index (χ2v) is 9.76. The SMILES string of the molecule is CCCCC1CCC2CC(C3CCc4cc(OC)c(F)c(F)c4C3)CCC2C1. The zero-order valence-electron chi connectivity index (χ0n) is 17.6. The van der Waals surface area contributed by atoms with Crippen LogP contribution in [-0.4, -0.2) is 7.11 Å². The van der Waals surface area contributed by atoms with Crippen LogP contribution < -0.4 is 4.74 Å². The van der Waals surface area contributed by atoms with E-state index in [-0.39, 0.29) is 5.75 Å². The molecule has 3 aliphatic rings. The third kappa shape index (κ3) is 3.96. The van der Waals surface area contributed by atoms with Gasteiger partial charge in [-0.25, -0.2) is 4.39 Å². The predicted molar refractivity (Wildman–Crippen MR) is 110 cm³/mol. The number of rotatable bonds is 5. The molecule has 0 N–H and O–H groups in total. The van der Waals surface area contributed by atoms with Crippen molar-refractivity contribution in [1.82, 2.24) is 0 Å². The average molecular weight is 391 g/mol. The number of halogens is 2. The Kier molecular flexibility index (Phi) is 6.27. The van der Waals surface area contributed by atoms with Crippen LogP contribution in [0.25, 0.3) is 0 Å². The number of methoxy groups -OCH3 is 1. The third-order valence-electron chi connectivity index (χ3n) is 8.23. The topological polar surface area (TPSA) is 9.23 Å². The molecule has 156 valence electrons. The monoisotopic (exact) mass is 390 g/mol.